The van der Waals surface area contributed by atoms with Crippen LogP contribution in [0.4, 0.5) is 4.79 Å². The van der Waals surface area contributed by atoms with E-state index in [1.54, 1.807) is 17.9 Å². The average Bonchev–Trinajstić information content (AvgIpc) is 3.87. The minimum absolute atomic E-state index is 0.0250. The summed E-state index contributed by atoms with van der Waals surface area (Å²) < 4.78 is 24.5. The fraction of sp³-hybridized carbons (Fsp3) is 0.730. The summed E-state index contributed by atoms with van der Waals surface area (Å²) in [5, 5.41) is 8.69. The summed E-state index contributed by atoms with van der Waals surface area (Å²) in [7, 11) is 0. The van der Waals surface area contributed by atoms with Crippen LogP contribution in [0.2, 0.25) is 0 Å². The molecule has 9 atom stereocenters. The van der Waals surface area contributed by atoms with E-state index >= 15 is 0 Å². The third kappa shape index (κ3) is 12.3. The molecule has 3 N–H and O–H groups in total. The number of nitrogens with one attached hydrogen (secondary N) is 3. The largest absolute Gasteiger partial charge is 0.442 e. The Hall–Kier alpha value is -2.49. The van der Waals surface area contributed by atoms with Crippen LogP contribution in [0.15, 0.2) is 36.0 Å². The van der Waals surface area contributed by atoms with Gasteiger partial charge < -0.3 is 39.8 Å². The van der Waals surface area contributed by atoms with Gasteiger partial charge in [-0.05, 0) is 64.9 Å². The van der Waals surface area contributed by atoms with Crippen LogP contribution in [0.3, 0.4) is 0 Å². The molecule has 280 valence electrons. The SMILES string of the molecule is CC(/C=C/[C@H]1O[C@H](CC(=O)NCCNC(=O)CI)C[C@@]2(CO2)C1C)=C\C[C@@H]1O[C@H](C)[C@H](NC(=O)/C=C\[C@H](C)OC(=O)N2CCCCC2)C[C@@H]1C. The molecule has 50 heavy (non-hydrogen) atoms. The number of halogens is 1. The lowest BCUT2D eigenvalue weighted by Crippen LogP contribution is -2.50. The summed E-state index contributed by atoms with van der Waals surface area (Å²) in [5.74, 6) is 0.0246. The highest BCUT2D eigenvalue weighted by atomic mass is 127. The molecular formula is C37H57IN4O8. The molecule has 0 aromatic heterocycles. The fourth-order valence-electron chi connectivity index (χ4n) is 6.93. The van der Waals surface area contributed by atoms with E-state index in [4.69, 9.17) is 18.9 Å². The number of amides is 4. The van der Waals surface area contributed by atoms with Crippen molar-refractivity contribution in [3.63, 3.8) is 0 Å². The Kier molecular flexibility index (Phi) is 15.6. The number of rotatable bonds is 14. The lowest BCUT2D eigenvalue weighted by Gasteiger charge is -2.39. The molecule has 4 aliphatic rings. The summed E-state index contributed by atoms with van der Waals surface area (Å²) in [6.45, 7) is 13.0. The number of likely N-dealkylation sites (tertiary alicyclic amines) is 1. The van der Waals surface area contributed by atoms with E-state index in [0.29, 0.717) is 30.5 Å². The number of alkyl halides is 1. The summed E-state index contributed by atoms with van der Waals surface area (Å²) in [6, 6.07) is -0.117. The van der Waals surface area contributed by atoms with Gasteiger partial charge in [0.15, 0.2) is 0 Å². The molecule has 1 spiro atoms. The number of piperidine rings is 1. The molecule has 4 saturated heterocycles. The van der Waals surface area contributed by atoms with E-state index in [-0.39, 0.29) is 78.1 Å². The van der Waals surface area contributed by atoms with Crippen molar-refractivity contribution in [1.29, 1.82) is 0 Å². The van der Waals surface area contributed by atoms with Crippen LogP contribution in [-0.2, 0) is 33.3 Å². The quantitative estimate of drug-likeness (QED) is 0.0586. The number of carbonyl (C=O) groups is 4. The van der Waals surface area contributed by atoms with Gasteiger partial charge in [0.25, 0.3) is 0 Å². The number of hydrogen-bond acceptors (Lipinski definition) is 8. The van der Waals surface area contributed by atoms with Crippen molar-refractivity contribution in [2.24, 2.45) is 11.8 Å². The zero-order valence-corrected chi connectivity index (χ0v) is 32.4. The van der Waals surface area contributed by atoms with Crippen molar-refractivity contribution in [2.75, 3.05) is 37.2 Å². The number of epoxide rings is 1. The highest BCUT2D eigenvalue weighted by Gasteiger charge is 2.56. The van der Waals surface area contributed by atoms with Gasteiger partial charge in [-0.25, -0.2) is 4.79 Å². The number of ether oxygens (including phenoxy) is 4. The topological polar surface area (TPSA) is 148 Å². The summed E-state index contributed by atoms with van der Waals surface area (Å²) >= 11 is 2.00. The molecule has 4 rings (SSSR count). The summed E-state index contributed by atoms with van der Waals surface area (Å²) in [6.07, 6.45) is 13.6. The van der Waals surface area contributed by atoms with Crippen LogP contribution < -0.4 is 16.0 Å². The maximum atomic E-state index is 12.7. The number of hydrogen-bond donors (Lipinski definition) is 3. The van der Waals surface area contributed by atoms with Gasteiger partial charge in [-0.1, -0.05) is 60.2 Å². The summed E-state index contributed by atoms with van der Waals surface area (Å²) in [4.78, 5) is 50.7. The molecule has 0 aromatic carbocycles. The third-order valence-electron chi connectivity index (χ3n) is 10.2. The lowest BCUT2D eigenvalue weighted by molar-refractivity contribution is -0.131. The fourth-order valence-corrected chi connectivity index (χ4v) is 7.20. The van der Waals surface area contributed by atoms with Gasteiger partial charge >= 0.3 is 6.09 Å². The molecule has 4 aliphatic heterocycles. The predicted molar refractivity (Wildman–Crippen MR) is 199 cm³/mol. The molecule has 12 nitrogen and oxygen atoms in total. The summed E-state index contributed by atoms with van der Waals surface area (Å²) in [5.41, 5.74) is 0.852. The van der Waals surface area contributed by atoms with E-state index in [1.807, 2.05) is 29.5 Å². The second-order valence-electron chi connectivity index (χ2n) is 14.4. The Balaban J connectivity index is 1.20. The van der Waals surface area contributed by atoms with Crippen molar-refractivity contribution in [3.8, 4) is 0 Å². The highest BCUT2D eigenvalue weighted by Crippen LogP contribution is 2.47. The van der Waals surface area contributed by atoms with Gasteiger partial charge in [-0.2, -0.15) is 0 Å². The molecule has 4 heterocycles. The minimum Gasteiger partial charge on any atom is -0.442 e. The Bertz CT molecular complexity index is 1260. The van der Waals surface area contributed by atoms with Gasteiger partial charge in [0.1, 0.15) is 6.10 Å². The highest BCUT2D eigenvalue weighted by molar-refractivity contribution is 14.1. The first-order valence-corrected chi connectivity index (χ1v) is 19.7. The second kappa shape index (κ2) is 19.4. The number of nitrogens with zero attached hydrogens (tertiary/aromatic N) is 1. The Labute approximate surface area is 311 Å². The number of allylic oxidation sites excluding steroid dienone is 2. The molecule has 0 aliphatic carbocycles. The standard InChI is InChI=1S/C37H57IN4O8/c1-24(10-13-32-27(4)37(23-47-37)21-29(50-32)20-34(44)39-15-16-40-35(45)22-38)9-12-31-25(2)19-30(28(5)49-31)41-33(43)14-11-26(3)48-36(46)42-17-7-6-8-18-42/h9-11,13-14,25-32H,6-8,12,15-23H2,1-5H3,(H,39,44)(H,40,45)(H,41,43)/b13-10+,14-11-,24-9+/t25-,26-,27?,28+,29+,30+,31-,32+,37+/m0/s1. The normalized spacial score (nSPS) is 32.2. The first-order valence-electron chi connectivity index (χ1n) is 18.2. The lowest BCUT2D eigenvalue weighted by atomic mass is 9.81. The van der Waals surface area contributed by atoms with Crippen LogP contribution in [0.25, 0.3) is 0 Å². The van der Waals surface area contributed by atoms with Crippen molar-refractivity contribution in [1.82, 2.24) is 20.9 Å². The van der Waals surface area contributed by atoms with Crippen molar-refractivity contribution in [2.45, 2.75) is 122 Å². The van der Waals surface area contributed by atoms with E-state index < -0.39 is 6.10 Å². The van der Waals surface area contributed by atoms with Gasteiger partial charge in [-0.3, -0.25) is 14.4 Å². The molecule has 13 heteroatoms. The van der Waals surface area contributed by atoms with Gasteiger partial charge in [0.05, 0.1) is 53.5 Å². The first kappa shape index (κ1) is 40.3. The molecule has 0 saturated carbocycles. The zero-order valence-electron chi connectivity index (χ0n) is 30.3. The third-order valence-corrected chi connectivity index (χ3v) is 10.9. The van der Waals surface area contributed by atoms with E-state index in [1.165, 1.54) is 6.08 Å². The number of carbonyl (C=O) groups excluding carboxylic acids is 4. The Morgan fingerprint density at radius 3 is 2.40 bits per heavy atom. The van der Waals surface area contributed by atoms with Crippen molar-refractivity contribution in [3.05, 3.63) is 36.0 Å². The average molecular weight is 813 g/mol. The van der Waals surface area contributed by atoms with E-state index in [9.17, 15) is 19.2 Å². The molecule has 0 radical (unpaired) electrons. The van der Waals surface area contributed by atoms with Gasteiger partial charge in [-0.15, -0.1) is 0 Å². The first-order chi connectivity index (χ1) is 23.9. The van der Waals surface area contributed by atoms with Crippen LogP contribution in [0.5, 0.6) is 0 Å². The predicted octanol–water partition coefficient (Wildman–Crippen LogP) is 4.36. The molecule has 1 unspecified atom stereocenters. The van der Waals surface area contributed by atoms with Crippen molar-refractivity contribution >= 4 is 46.4 Å². The maximum absolute atomic E-state index is 12.7. The van der Waals surface area contributed by atoms with Crippen LogP contribution in [-0.4, -0.2) is 108 Å². The van der Waals surface area contributed by atoms with E-state index in [2.05, 4.69) is 54.9 Å². The molecule has 4 fully saturated rings. The molecule has 4 amide bonds. The second-order valence-corrected chi connectivity index (χ2v) is 15.1. The Morgan fingerprint density at radius 1 is 1.02 bits per heavy atom. The molecule has 0 bridgehead atoms. The smallest absolute Gasteiger partial charge is 0.410 e. The van der Waals surface area contributed by atoms with Crippen LogP contribution in [0, 0.1) is 11.8 Å². The minimum atomic E-state index is -0.496. The van der Waals surface area contributed by atoms with E-state index in [0.717, 1.165) is 50.8 Å². The monoisotopic (exact) mass is 812 g/mol. The molecular weight excluding hydrogens is 755 g/mol. The van der Waals surface area contributed by atoms with Gasteiger partial charge in [0.2, 0.25) is 17.7 Å². The van der Waals surface area contributed by atoms with Crippen LogP contribution in [0.1, 0.15) is 79.6 Å². The molecule has 0 aromatic rings. The van der Waals surface area contributed by atoms with Gasteiger partial charge in [0, 0.05) is 44.6 Å². The van der Waals surface area contributed by atoms with Crippen LogP contribution >= 0.6 is 22.6 Å². The Morgan fingerprint density at radius 2 is 1.72 bits per heavy atom. The maximum Gasteiger partial charge on any atom is 0.410 e. The zero-order chi connectivity index (χ0) is 36.3. The van der Waals surface area contributed by atoms with Crippen molar-refractivity contribution < 1.29 is 38.1 Å².